The molecule has 6 nitrogen and oxygen atoms in total. The molecule has 1 unspecified atom stereocenters. The van der Waals surface area contributed by atoms with E-state index in [2.05, 4.69) is 27.1 Å². The molecule has 30 heavy (non-hydrogen) atoms. The largest absolute Gasteiger partial charge is 0.354 e. The lowest BCUT2D eigenvalue weighted by Crippen LogP contribution is -2.47. The van der Waals surface area contributed by atoms with Gasteiger partial charge in [0.25, 0.3) is 0 Å². The summed E-state index contributed by atoms with van der Waals surface area (Å²) in [7, 11) is -4.12. The van der Waals surface area contributed by atoms with Crippen molar-refractivity contribution >= 4 is 15.9 Å². The van der Waals surface area contributed by atoms with E-state index in [1.807, 2.05) is 18.2 Å². The lowest BCUT2D eigenvalue weighted by Gasteiger charge is -2.33. The Morgan fingerprint density at radius 1 is 1.17 bits per heavy atom. The second-order valence-electron chi connectivity index (χ2n) is 7.75. The lowest BCUT2D eigenvalue weighted by molar-refractivity contribution is -0.122. The molecular weight excluding hydrogens is 405 g/mol. The Morgan fingerprint density at radius 3 is 2.60 bits per heavy atom. The molecular formula is C22H28FN3O3S. The highest BCUT2D eigenvalue weighted by atomic mass is 32.2. The number of halogens is 1. The van der Waals surface area contributed by atoms with E-state index >= 15 is 0 Å². The maximum Gasteiger partial charge on any atom is 0.244 e. The van der Waals surface area contributed by atoms with Crippen LogP contribution in [0.4, 0.5) is 4.39 Å². The Kier molecular flexibility index (Phi) is 7.58. The van der Waals surface area contributed by atoms with Crippen molar-refractivity contribution in [3.05, 3.63) is 66.0 Å². The first-order valence-electron chi connectivity index (χ1n) is 10.2. The van der Waals surface area contributed by atoms with Gasteiger partial charge in [0.1, 0.15) is 10.7 Å². The quantitative estimate of drug-likeness (QED) is 0.671. The Balaban J connectivity index is 1.49. The highest BCUT2D eigenvalue weighted by Gasteiger charge is 2.26. The van der Waals surface area contributed by atoms with Crippen LogP contribution in [-0.2, 0) is 21.4 Å². The number of amides is 1. The van der Waals surface area contributed by atoms with Gasteiger partial charge in [-0.05, 0) is 49.9 Å². The van der Waals surface area contributed by atoms with Crippen LogP contribution in [0.15, 0.2) is 59.5 Å². The lowest BCUT2D eigenvalue weighted by atomic mass is 9.97. The molecule has 2 aromatic carbocycles. The fourth-order valence-corrected chi connectivity index (χ4v) is 5.00. The van der Waals surface area contributed by atoms with Crippen LogP contribution < -0.4 is 10.0 Å². The molecule has 0 saturated carbocycles. The third-order valence-corrected chi connectivity index (χ3v) is 6.84. The zero-order valence-electron chi connectivity index (χ0n) is 17.1. The molecule has 0 spiro atoms. The van der Waals surface area contributed by atoms with E-state index in [0.717, 1.165) is 38.5 Å². The zero-order chi connectivity index (χ0) is 21.6. The van der Waals surface area contributed by atoms with Gasteiger partial charge in [0.15, 0.2) is 0 Å². The van der Waals surface area contributed by atoms with Gasteiger partial charge in [0.05, 0.1) is 6.04 Å². The van der Waals surface area contributed by atoms with Crippen molar-refractivity contribution < 1.29 is 17.6 Å². The highest BCUT2D eigenvalue weighted by molar-refractivity contribution is 7.89. The number of hydrogen-bond acceptors (Lipinski definition) is 4. The Morgan fingerprint density at radius 2 is 1.87 bits per heavy atom. The molecule has 0 radical (unpaired) electrons. The maximum atomic E-state index is 13.8. The summed E-state index contributed by atoms with van der Waals surface area (Å²) >= 11 is 0. The average Bonchev–Trinajstić information content (AvgIpc) is 2.73. The minimum Gasteiger partial charge on any atom is -0.354 e. The number of benzene rings is 2. The van der Waals surface area contributed by atoms with Gasteiger partial charge in [-0.1, -0.05) is 42.5 Å². The van der Waals surface area contributed by atoms with Crippen molar-refractivity contribution in [2.45, 2.75) is 37.2 Å². The molecule has 1 aliphatic heterocycles. The van der Waals surface area contributed by atoms with Crippen molar-refractivity contribution in [3.63, 3.8) is 0 Å². The van der Waals surface area contributed by atoms with Crippen LogP contribution in [0.2, 0.25) is 0 Å². The first-order chi connectivity index (χ1) is 14.3. The molecule has 1 aliphatic rings. The summed E-state index contributed by atoms with van der Waals surface area (Å²) in [4.78, 5) is 14.3. The second-order valence-corrected chi connectivity index (χ2v) is 9.43. The molecule has 162 valence electrons. The van der Waals surface area contributed by atoms with Crippen LogP contribution in [0.1, 0.15) is 25.3 Å². The molecule has 8 heteroatoms. The number of rotatable bonds is 8. The van der Waals surface area contributed by atoms with Crippen LogP contribution in [0.25, 0.3) is 0 Å². The third-order valence-electron chi connectivity index (χ3n) is 5.27. The Bertz CT molecular complexity index is 953. The molecule has 1 fully saturated rings. The summed E-state index contributed by atoms with van der Waals surface area (Å²) in [5, 5.41) is 2.84. The van der Waals surface area contributed by atoms with E-state index in [-0.39, 0.29) is 0 Å². The SMILES string of the molecule is C[C@H](NS(=O)(=O)c1ccccc1F)C(=O)NCC1CCCN(Cc2ccccc2)C1. The highest BCUT2D eigenvalue weighted by Crippen LogP contribution is 2.18. The average molecular weight is 434 g/mol. The predicted molar refractivity (Wildman–Crippen MR) is 114 cm³/mol. The molecule has 2 atom stereocenters. The van der Waals surface area contributed by atoms with Gasteiger partial charge in [-0.3, -0.25) is 9.69 Å². The summed E-state index contributed by atoms with van der Waals surface area (Å²) in [6.07, 6.45) is 2.07. The van der Waals surface area contributed by atoms with Gasteiger partial charge < -0.3 is 5.32 Å². The van der Waals surface area contributed by atoms with Crippen molar-refractivity contribution in [2.75, 3.05) is 19.6 Å². The standard InChI is InChI=1S/C22H28FN3O3S/c1-17(25-30(28,29)21-12-6-5-11-20(21)23)22(27)24-14-19-10-7-13-26(16-19)15-18-8-3-2-4-9-18/h2-6,8-9,11-12,17,19,25H,7,10,13-16H2,1H3,(H,24,27)/t17-,19?/m0/s1. The summed E-state index contributed by atoms with van der Waals surface area (Å²) in [6, 6.07) is 14.4. The van der Waals surface area contributed by atoms with E-state index in [4.69, 9.17) is 0 Å². The van der Waals surface area contributed by atoms with Crippen molar-refractivity contribution in [3.8, 4) is 0 Å². The van der Waals surface area contributed by atoms with Gasteiger partial charge in [-0.25, -0.2) is 12.8 Å². The van der Waals surface area contributed by atoms with Gasteiger partial charge >= 0.3 is 0 Å². The summed E-state index contributed by atoms with van der Waals surface area (Å²) < 4.78 is 40.8. The normalized spacial score (nSPS) is 18.7. The summed E-state index contributed by atoms with van der Waals surface area (Å²) in [5.41, 5.74) is 1.26. The fourth-order valence-electron chi connectivity index (χ4n) is 3.71. The first-order valence-corrected chi connectivity index (χ1v) is 11.6. The van der Waals surface area contributed by atoms with Crippen LogP contribution in [0.5, 0.6) is 0 Å². The second kappa shape index (κ2) is 10.1. The molecule has 2 aromatic rings. The van der Waals surface area contributed by atoms with Crippen molar-refractivity contribution in [2.24, 2.45) is 5.92 Å². The van der Waals surface area contributed by atoms with Crippen LogP contribution in [0.3, 0.4) is 0 Å². The molecule has 2 N–H and O–H groups in total. The smallest absolute Gasteiger partial charge is 0.244 e. The van der Waals surface area contributed by atoms with Gasteiger partial charge in [0, 0.05) is 19.6 Å². The van der Waals surface area contributed by atoms with Crippen LogP contribution in [-0.4, -0.2) is 44.9 Å². The van der Waals surface area contributed by atoms with Crippen LogP contribution in [0, 0.1) is 11.7 Å². The third kappa shape index (κ3) is 6.10. The minimum atomic E-state index is -4.12. The number of nitrogens with zero attached hydrogens (tertiary/aromatic N) is 1. The Labute approximate surface area is 177 Å². The fraction of sp³-hybridized carbons (Fsp3) is 0.409. The number of nitrogens with one attached hydrogen (secondary N) is 2. The Hall–Kier alpha value is -2.29. The van der Waals surface area contributed by atoms with E-state index in [1.165, 1.54) is 30.7 Å². The summed E-state index contributed by atoms with van der Waals surface area (Å²) in [5.74, 6) is -0.963. The number of piperidine rings is 1. The van der Waals surface area contributed by atoms with Crippen LogP contribution >= 0.6 is 0 Å². The molecule has 0 bridgehead atoms. The minimum absolute atomic E-state index is 0.307. The topological polar surface area (TPSA) is 78.5 Å². The number of likely N-dealkylation sites (tertiary alicyclic amines) is 1. The van der Waals surface area contributed by atoms with E-state index in [1.54, 1.807) is 0 Å². The number of carbonyl (C=O) groups is 1. The molecule has 1 saturated heterocycles. The maximum absolute atomic E-state index is 13.8. The molecule has 0 aliphatic carbocycles. The molecule has 0 aromatic heterocycles. The zero-order valence-corrected chi connectivity index (χ0v) is 17.9. The van der Waals surface area contributed by atoms with E-state index in [0.29, 0.717) is 12.5 Å². The van der Waals surface area contributed by atoms with E-state index in [9.17, 15) is 17.6 Å². The van der Waals surface area contributed by atoms with Gasteiger partial charge in [-0.2, -0.15) is 4.72 Å². The van der Waals surface area contributed by atoms with Crippen molar-refractivity contribution in [1.82, 2.24) is 14.9 Å². The molecule has 1 amide bonds. The van der Waals surface area contributed by atoms with E-state index < -0.39 is 32.7 Å². The number of hydrogen-bond donors (Lipinski definition) is 2. The van der Waals surface area contributed by atoms with Crippen molar-refractivity contribution in [1.29, 1.82) is 0 Å². The number of sulfonamides is 1. The number of carbonyl (C=O) groups excluding carboxylic acids is 1. The predicted octanol–water partition coefficient (Wildman–Crippen LogP) is 2.52. The monoisotopic (exact) mass is 433 g/mol. The molecule has 1 heterocycles. The first kappa shape index (κ1) is 22.4. The summed E-state index contributed by atoms with van der Waals surface area (Å²) in [6.45, 7) is 4.72. The molecule has 3 rings (SSSR count). The van der Waals surface area contributed by atoms with Gasteiger partial charge in [-0.15, -0.1) is 0 Å². The van der Waals surface area contributed by atoms with Gasteiger partial charge in [0.2, 0.25) is 15.9 Å².